The summed E-state index contributed by atoms with van der Waals surface area (Å²) in [7, 11) is 0. The van der Waals surface area contributed by atoms with Crippen LogP contribution in [0.1, 0.15) is 18.9 Å². The fraction of sp³-hybridized carbons (Fsp3) is 0.385. The Hall–Kier alpha value is -1.84. The summed E-state index contributed by atoms with van der Waals surface area (Å²) >= 11 is 0. The summed E-state index contributed by atoms with van der Waals surface area (Å²) in [4.78, 5) is 22.5. The Labute approximate surface area is 100.0 Å². The van der Waals surface area contributed by atoms with Gasteiger partial charge in [-0.1, -0.05) is 12.1 Å². The Kier molecular flexibility index (Phi) is 3.42. The van der Waals surface area contributed by atoms with Gasteiger partial charge in [0.15, 0.2) is 0 Å². The van der Waals surface area contributed by atoms with Gasteiger partial charge in [0, 0.05) is 6.42 Å². The molecule has 17 heavy (non-hydrogen) atoms. The molecule has 1 fully saturated rings. The van der Waals surface area contributed by atoms with Gasteiger partial charge in [-0.2, -0.15) is 0 Å². The third kappa shape index (κ3) is 2.84. The van der Waals surface area contributed by atoms with Gasteiger partial charge >= 0.3 is 0 Å². The van der Waals surface area contributed by atoms with Gasteiger partial charge in [0.05, 0.1) is 12.5 Å². The fourth-order valence-corrected chi connectivity index (χ4v) is 1.99. The van der Waals surface area contributed by atoms with E-state index in [1.807, 2.05) is 31.2 Å². The molecule has 1 unspecified atom stereocenters. The normalized spacial score (nSPS) is 19.2. The van der Waals surface area contributed by atoms with Gasteiger partial charge in [-0.05, 0) is 31.0 Å². The number of imide groups is 1. The highest BCUT2D eigenvalue weighted by Gasteiger charge is 2.30. The van der Waals surface area contributed by atoms with Crippen LogP contribution >= 0.6 is 0 Å². The second kappa shape index (κ2) is 4.99. The van der Waals surface area contributed by atoms with Crippen LogP contribution in [0.3, 0.4) is 0 Å². The maximum atomic E-state index is 11.4. The van der Waals surface area contributed by atoms with Crippen molar-refractivity contribution < 1.29 is 14.3 Å². The van der Waals surface area contributed by atoms with E-state index in [-0.39, 0.29) is 24.2 Å². The number of nitrogens with one attached hydrogen (secondary N) is 1. The number of hydrogen-bond acceptors (Lipinski definition) is 3. The molecule has 1 aliphatic heterocycles. The first-order valence-electron chi connectivity index (χ1n) is 5.74. The molecule has 4 nitrogen and oxygen atoms in total. The highest BCUT2D eigenvalue weighted by molar-refractivity contribution is 6.03. The highest BCUT2D eigenvalue weighted by atomic mass is 16.5. The van der Waals surface area contributed by atoms with Crippen LogP contribution in [-0.2, 0) is 16.0 Å². The maximum absolute atomic E-state index is 11.4. The molecule has 2 amide bonds. The Morgan fingerprint density at radius 1 is 1.41 bits per heavy atom. The minimum absolute atomic E-state index is 0.170. The van der Waals surface area contributed by atoms with Crippen molar-refractivity contribution in [3.63, 3.8) is 0 Å². The zero-order valence-electron chi connectivity index (χ0n) is 9.73. The molecule has 4 heteroatoms. The van der Waals surface area contributed by atoms with Crippen LogP contribution in [0.2, 0.25) is 0 Å². The van der Waals surface area contributed by atoms with E-state index in [2.05, 4.69) is 5.32 Å². The number of amides is 2. The van der Waals surface area contributed by atoms with Crippen molar-refractivity contribution in [2.45, 2.75) is 19.8 Å². The molecule has 0 radical (unpaired) electrons. The lowest BCUT2D eigenvalue weighted by Crippen LogP contribution is -2.22. The molecule has 0 aliphatic carbocycles. The lowest BCUT2D eigenvalue weighted by molar-refractivity contribution is -0.125. The van der Waals surface area contributed by atoms with Crippen LogP contribution in [0.5, 0.6) is 5.75 Å². The molecule has 0 spiro atoms. The monoisotopic (exact) mass is 233 g/mol. The van der Waals surface area contributed by atoms with Crippen LogP contribution in [0.4, 0.5) is 0 Å². The summed E-state index contributed by atoms with van der Waals surface area (Å²) in [6.07, 6.45) is 0.871. The van der Waals surface area contributed by atoms with Crippen LogP contribution in [0.25, 0.3) is 0 Å². The predicted octanol–water partition coefficient (Wildman–Crippen LogP) is 1.29. The average molecular weight is 233 g/mol. The number of rotatable bonds is 4. The largest absolute Gasteiger partial charge is 0.494 e. The molecule has 0 aromatic heterocycles. The first-order valence-corrected chi connectivity index (χ1v) is 5.74. The van der Waals surface area contributed by atoms with Gasteiger partial charge in [0.25, 0.3) is 0 Å². The van der Waals surface area contributed by atoms with E-state index >= 15 is 0 Å². The van der Waals surface area contributed by atoms with Gasteiger partial charge in [-0.15, -0.1) is 0 Å². The van der Waals surface area contributed by atoms with Crippen molar-refractivity contribution >= 4 is 11.8 Å². The quantitative estimate of drug-likeness (QED) is 0.797. The molecule has 1 aromatic carbocycles. The second-order valence-electron chi connectivity index (χ2n) is 4.10. The van der Waals surface area contributed by atoms with Crippen molar-refractivity contribution in [3.8, 4) is 5.75 Å². The van der Waals surface area contributed by atoms with Crippen LogP contribution in [-0.4, -0.2) is 18.4 Å². The second-order valence-corrected chi connectivity index (χ2v) is 4.10. The molecular formula is C13H15NO3. The fourth-order valence-electron chi connectivity index (χ4n) is 1.99. The first-order chi connectivity index (χ1) is 8.19. The van der Waals surface area contributed by atoms with Gasteiger partial charge in [0.2, 0.25) is 11.8 Å². The van der Waals surface area contributed by atoms with Crippen LogP contribution in [0.15, 0.2) is 24.3 Å². The Bertz CT molecular complexity index is 442. The first kappa shape index (κ1) is 11.6. The summed E-state index contributed by atoms with van der Waals surface area (Å²) < 4.78 is 5.39. The molecule has 0 bridgehead atoms. The summed E-state index contributed by atoms with van der Waals surface area (Å²) in [6, 6.07) is 7.64. The van der Waals surface area contributed by atoms with Gasteiger partial charge in [0.1, 0.15) is 5.75 Å². The molecule has 1 saturated heterocycles. The van der Waals surface area contributed by atoms with E-state index in [0.717, 1.165) is 11.3 Å². The zero-order chi connectivity index (χ0) is 12.3. The Morgan fingerprint density at radius 3 is 2.88 bits per heavy atom. The molecule has 1 N–H and O–H groups in total. The molecular weight excluding hydrogens is 218 g/mol. The summed E-state index contributed by atoms with van der Waals surface area (Å²) in [5.41, 5.74) is 1.02. The third-order valence-corrected chi connectivity index (χ3v) is 2.76. The molecule has 1 aromatic rings. The van der Waals surface area contributed by atoms with Crippen molar-refractivity contribution in [1.29, 1.82) is 0 Å². The standard InChI is InChI=1S/C13H15NO3/c1-2-17-11-5-3-4-9(7-11)6-10-8-12(15)14-13(10)16/h3-5,7,10H,2,6,8H2,1H3,(H,14,15,16). The molecule has 90 valence electrons. The molecule has 2 rings (SSSR count). The predicted molar refractivity (Wildman–Crippen MR) is 62.6 cm³/mol. The van der Waals surface area contributed by atoms with E-state index < -0.39 is 0 Å². The van der Waals surface area contributed by atoms with Gasteiger partial charge in [-0.25, -0.2) is 0 Å². The van der Waals surface area contributed by atoms with E-state index in [4.69, 9.17) is 4.74 Å². The van der Waals surface area contributed by atoms with Crippen molar-refractivity contribution in [2.24, 2.45) is 5.92 Å². The van der Waals surface area contributed by atoms with Crippen molar-refractivity contribution in [2.75, 3.05) is 6.61 Å². The highest BCUT2D eigenvalue weighted by Crippen LogP contribution is 2.20. The van der Waals surface area contributed by atoms with E-state index in [1.54, 1.807) is 0 Å². The number of carbonyl (C=O) groups is 2. The van der Waals surface area contributed by atoms with E-state index in [9.17, 15) is 9.59 Å². The summed E-state index contributed by atoms with van der Waals surface area (Å²) in [5, 5.41) is 2.32. The third-order valence-electron chi connectivity index (χ3n) is 2.76. The minimum Gasteiger partial charge on any atom is -0.494 e. The number of benzene rings is 1. The van der Waals surface area contributed by atoms with Crippen molar-refractivity contribution in [3.05, 3.63) is 29.8 Å². The SMILES string of the molecule is CCOc1cccc(CC2CC(=O)NC2=O)c1. The number of hydrogen-bond donors (Lipinski definition) is 1. The number of ether oxygens (including phenoxy) is 1. The van der Waals surface area contributed by atoms with E-state index in [0.29, 0.717) is 13.0 Å². The lowest BCUT2D eigenvalue weighted by Gasteiger charge is -2.08. The van der Waals surface area contributed by atoms with E-state index in [1.165, 1.54) is 0 Å². The van der Waals surface area contributed by atoms with Gasteiger partial charge < -0.3 is 4.74 Å². The lowest BCUT2D eigenvalue weighted by atomic mass is 9.98. The van der Waals surface area contributed by atoms with Crippen LogP contribution in [0, 0.1) is 5.92 Å². The Balaban J connectivity index is 2.05. The molecule has 1 aliphatic rings. The average Bonchev–Trinajstić information content (AvgIpc) is 2.58. The minimum atomic E-state index is -0.237. The van der Waals surface area contributed by atoms with Gasteiger partial charge in [-0.3, -0.25) is 14.9 Å². The summed E-state index contributed by atoms with van der Waals surface area (Å²) in [5.74, 6) is 0.215. The summed E-state index contributed by atoms with van der Waals surface area (Å²) in [6.45, 7) is 2.54. The topological polar surface area (TPSA) is 55.4 Å². The molecule has 0 saturated carbocycles. The molecule has 1 atom stereocenters. The van der Waals surface area contributed by atoms with Crippen LogP contribution < -0.4 is 10.1 Å². The zero-order valence-corrected chi connectivity index (χ0v) is 9.73. The van der Waals surface area contributed by atoms with Crippen molar-refractivity contribution in [1.82, 2.24) is 5.32 Å². The Morgan fingerprint density at radius 2 is 2.24 bits per heavy atom. The smallest absolute Gasteiger partial charge is 0.230 e. The number of carbonyl (C=O) groups excluding carboxylic acids is 2. The molecule has 1 heterocycles. The maximum Gasteiger partial charge on any atom is 0.230 e.